The first kappa shape index (κ1) is 19.7. The van der Waals surface area contributed by atoms with Crippen molar-refractivity contribution < 1.29 is 22.7 Å². The first-order valence-electron chi connectivity index (χ1n) is 6.45. The van der Waals surface area contributed by atoms with Gasteiger partial charge in [-0.25, -0.2) is 13.2 Å². The highest BCUT2D eigenvalue weighted by Crippen LogP contribution is 2.25. The normalized spacial score (nSPS) is 12.0. The molecule has 2 amide bonds. The summed E-state index contributed by atoms with van der Waals surface area (Å²) in [6, 6.07) is -0.336. The summed E-state index contributed by atoms with van der Waals surface area (Å²) in [4.78, 5) is 14.4. The molecule has 0 spiro atoms. The first-order chi connectivity index (χ1) is 10.6. The standard InChI is InChI=1S/C11H21N5O5S2/c1-14(2)11(17)16(4)9-12-13-10(22-9)23(18,19)15(3)7-8(20-5)21-6/h8H,7H2,1-6H3. The van der Waals surface area contributed by atoms with Gasteiger partial charge in [0.15, 0.2) is 6.29 Å². The summed E-state index contributed by atoms with van der Waals surface area (Å²) in [6.45, 7) is -0.00326. The molecule has 0 bridgehead atoms. The van der Waals surface area contributed by atoms with Crippen LogP contribution in [0.1, 0.15) is 0 Å². The topological polar surface area (TPSA) is 105 Å². The maximum absolute atomic E-state index is 12.4. The van der Waals surface area contributed by atoms with Crippen LogP contribution in [0.15, 0.2) is 4.34 Å². The third kappa shape index (κ3) is 4.57. The number of anilines is 1. The molecule has 0 radical (unpaired) electrons. The molecule has 0 fully saturated rings. The van der Waals surface area contributed by atoms with E-state index in [-0.39, 0.29) is 22.0 Å². The van der Waals surface area contributed by atoms with Gasteiger partial charge >= 0.3 is 6.03 Å². The predicted molar refractivity (Wildman–Crippen MR) is 85.0 cm³/mol. The Morgan fingerprint density at radius 1 is 1.17 bits per heavy atom. The molecular weight excluding hydrogens is 346 g/mol. The van der Waals surface area contributed by atoms with Gasteiger partial charge in [-0.05, 0) is 0 Å². The van der Waals surface area contributed by atoms with E-state index in [1.807, 2.05) is 0 Å². The third-order valence-corrected chi connectivity index (χ3v) is 6.08. The van der Waals surface area contributed by atoms with Crippen molar-refractivity contribution in [1.29, 1.82) is 0 Å². The number of hydrogen-bond donors (Lipinski definition) is 0. The second kappa shape index (κ2) is 7.97. The summed E-state index contributed by atoms with van der Waals surface area (Å²) in [6.07, 6.45) is -0.694. The zero-order valence-electron chi connectivity index (χ0n) is 13.9. The highest BCUT2D eigenvalue weighted by Gasteiger charge is 2.29. The zero-order chi connectivity index (χ0) is 17.8. The number of hydrogen-bond acceptors (Lipinski definition) is 8. The van der Waals surface area contributed by atoms with Gasteiger partial charge in [0.05, 0.1) is 6.54 Å². The molecule has 1 rings (SSSR count). The lowest BCUT2D eigenvalue weighted by Gasteiger charge is -2.20. The van der Waals surface area contributed by atoms with Crippen LogP contribution in [0.3, 0.4) is 0 Å². The van der Waals surface area contributed by atoms with Gasteiger partial charge in [0.2, 0.25) is 9.47 Å². The minimum absolute atomic E-state index is 0.00326. The van der Waals surface area contributed by atoms with E-state index in [1.165, 1.54) is 38.1 Å². The lowest BCUT2D eigenvalue weighted by atomic mass is 10.6. The van der Waals surface area contributed by atoms with Gasteiger partial charge in [-0.3, -0.25) is 4.90 Å². The monoisotopic (exact) mass is 367 g/mol. The molecule has 1 aromatic heterocycles. The van der Waals surface area contributed by atoms with Crippen LogP contribution in [0.25, 0.3) is 0 Å². The molecule has 0 aliphatic rings. The zero-order valence-corrected chi connectivity index (χ0v) is 15.5. The van der Waals surface area contributed by atoms with Crippen molar-refractivity contribution in [2.45, 2.75) is 10.6 Å². The van der Waals surface area contributed by atoms with Crippen LogP contribution in [0.4, 0.5) is 9.93 Å². The van der Waals surface area contributed by atoms with Gasteiger partial charge in [0, 0.05) is 42.4 Å². The van der Waals surface area contributed by atoms with Crippen molar-refractivity contribution in [1.82, 2.24) is 19.4 Å². The molecule has 0 unspecified atom stereocenters. The molecule has 23 heavy (non-hydrogen) atoms. The lowest BCUT2D eigenvalue weighted by Crippen LogP contribution is -2.36. The number of nitrogens with zero attached hydrogens (tertiary/aromatic N) is 5. The van der Waals surface area contributed by atoms with Crippen LogP contribution in [-0.4, -0.2) is 89.1 Å². The molecule has 0 aliphatic heterocycles. The first-order valence-corrected chi connectivity index (χ1v) is 8.71. The molecule has 0 N–H and O–H groups in total. The highest BCUT2D eigenvalue weighted by atomic mass is 32.2. The maximum atomic E-state index is 12.4. The van der Waals surface area contributed by atoms with E-state index in [1.54, 1.807) is 14.1 Å². The van der Waals surface area contributed by atoms with Gasteiger partial charge in [-0.15, -0.1) is 10.2 Å². The number of aromatic nitrogens is 2. The van der Waals surface area contributed by atoms with Crippen molar-refractivity contribution in [2.75, 3.05) is 53.9 Å². The van der Waals surface area contributed by atoms with Gasteiger partial charge in [0.25, 0.3) is 10.0 Å². The Morgan fingerprint density at radius 2 is 1.74 bits per heavy atom. The second-order valence-corrected chi connectivity index (χ2v) is 7.95. The Balaban J connectivity index is 2.96. The van der Waals surface area contributed by atoms with Crippen molar-refractivity contribution in [2.24, 2.45) is 0 Å². The summed E-state index contributed by atoms with van der Waals surface area (Å²) in [7, 11) is 5.03. The van der Waals surface area contributed by atoms with Crippen LogP contribution in [0.2, 0.25) is 0 Å². The average molecular weight is 367 g/mol. The lowest BCUT2D eigenvalue weighted by molar-refractivity contribution is -0.106. The van der Waals surface area contributed by atoms with E-state index < -0.39 is 16.3 Å². The van der Waals surface area contributed by atoms with Crippen molar-refractivity contribution in [3.05, 3.63) is 0 Å². The number of amides is 2. The van der Waals surface area contributed by atoms with Gasteiger partial charge in [-0.2, -0.15) is 4.31 Å². The maximum Gasteiger partial charge on any atom is 0.325 e. The molecule has 132 valence electrons. The molecule has 1 heterocycles. The third-order valence-electron chi connectivity index (χ3n) is 2.92. The number of methoxy groups -OCH3 is 2. The number of ether oxygens (including phenoxy) is 2. The fraction of sp³-hybridized carbons (Fsp3) is 0.727. The Hall–Kier alpha value is -1.34. The predicted octanol–water partition coefficient (Wildman–Crippen LogP) is -0.105. The Kier molecular flexibility index (Phi) is 6.83. The summed E-state index contributed by atoms with van der Waals surface area (Å²) in [5.41, 5.74) is 0. The van der Waals surface area contributed by atoms with E-state index in [4.69, 9.17) is 9.47 Å². The number of carbonyl (C=O) groups excluding carboxylic acids is 1. The van der Waals surface area contributed by atoms with Crippen molar-refractivity contribution in [3.8, 4) is 0 Å². The number of rotatable bonds is 7. The molecular formula is C11H21N5O5S2. The van der Waals surface area contributed by atoms with Crippen LogP contribution < -0.4 is 4.90 Å². The number of urea groups is 1. The second-order valence-electron chi connectivity index (χ2n) is 4.77. The molecule has 0 aliphatic carbocycles. The Labute approximate surface area is 139 Å². The van der Waals surface area contributed by atoms with E-state index in [2.05, 4.69) is 10.2 Å². The summed E-state index contributed by atoms with van der Waals surface area (Å²) < 4.78 is 35.7. The van der Waals surface area contributed by atoms with Crippen molar-refractivity contribution >= 4 is 32.5 Å². The average Bonchev–Trinajstić information content (AvgIpc) is 3.01. The Morgan fingerprint density at radius 3 is 2.22 bits per heavy atom. The van der Waals surface area contributed by atoms with E-state index in [9.17, 15) is 13.2 Å². The van der Waals surface area contributed by atoms with Crippen molar-refractivity contribution in [3.63, 3.8) is 0 Å². The molecule has 0 aromatic carbocycles. The number of likely N-dealkylation sites (N-methyl/N-ethyl adjacent to an activating group) is 1. The van der Waals surface area contributed by atoms with Crippen LogP contribution in [0, 0.1) is 0 Å². The number of carbonyl (C=O) groups is 1. The van der Waals surface area contributed by atoms with Crippen LogP contribution in [0.5, 0.6) is 0 Å². The van der Waals surface area contributed by atoms with Gasteiger partial charge < -0.3 is 14.4 Å². The van der Waals surface area contributed by atoms with E-state index in [0.29, 0.717) is 0 Å². The minimum Gasteiger partial charge on any atom is -0.355 e. The summed E-state index contributed by atoms with van der Waals surface area (Å²) >= 11 is 0.809. The molecule has 0 saturated heterocycles. The molecule has 0 atom stereocenters. The summed E-state index contributed by atoms with van der Waals surface area (Å²) in [5, 5.41) is 7.63. The molecule has 12 heteroatoms. The molecule has 10 nitrogen and oxygen atoms in total. The molecule has 1 aromatic rings. The summed E-state index contributed by atoms with van der Waals surface area (Å²) in [5.74, 6) is 0. The smallest absolute Gasteiger partial charge is 0.325 e. The molecule has 0 saturated carbocycles. The minimum atomic E-state index is -3.85. The van der Waals surface area contributed by atoms with E-state index in [0.717, 1.165) is 15.6 Å². The number of sulfonamides is 1. The highest BCUT2D eigenvalue weighted by molar-refractivity contribution is 7.91. The van der Waals surface area contributed by atoms with E-state index >= 15 is 0 Å². The fourth-order valence-corrected chi connectivity index (χ4v) is 3.80. The van der Waals surface area contributed by atoms with Gasteiger partial charge in [-0.1, -0.05) is 11.3 Å². The van der Waals surface area contributed by atoms with Gasteiger partial charge in [0.1, 0.15) is 0 Å². The fourth-order valence-electron chi connectivity index (χ4n) is 1.51. The van der Waals surface area contributed by atoms with Crippen LogP contribution in [-0.2, 0) is 19.5 Å². The quantitative estimate of drug-likeness (QED) is 0.489. The SMILES string of the molecule is COC(CN(C)S(=O)(=O)c1nnc(N(C)C(=O)N(C)C)s1)OC. The van der Waals surface area contributed by atoms with Crippen LogP contribution >= 0.6 is 11.3 Å². The largest absolute Gasteiger partial charge is 0.355 e. The Bertz CT molecular complexity index is 629.